The summed E-state index contributed by atoms with van der Waals surface area (Å²) in [6.45, 7) is 5.81. The van der Waals surface area contributed by atoms with Crippen LogP contribution in [0.3, 0.4) is 0 Å². The summed E-state index contributed by atoms with van der Waals surface area (Å²) in [4.78, 5) is 25.4. The third-order valence-electron chi connectivity index (χ3n) is 4.85. The zero-order valence-electron chi connectivity index (χ0n) is 17.2. The zero-order chi connectivity index (χ0) is 21.5. The van der Waals surface area contributed by atoms with Crippen molar-refractivity contribution >= 4 is 34.1 Å². The third kappa shape index (κ3) is 5.42. The van der Waals surface area contributed by atoms with Crippen molar-refractivity contribution in [1.29, 1.82) is 0 Å². The lowest BCUT2D eigenvalue weighted by atomic mass is 9.98. The van der Waals surface area contributed by atoms with E-state index in [0.29, 0.717) is 10.8 Å². The number of nitrogens with one attached hydrogen (secondary N) is 3. The Bertz CT molecular complexity index is 1010. The van der Waals surface area contributed by atoms with E-state index >= 15 is 0 Å². The smallest absolute Gasteiger partial charge is 0.319 e. The normalized spacial score (nSPS) is 12.6. The number of hydrogen-bond acceptors (Lipinski definition) is 5. The number of hydrogen-bond donors (Lipinski definition) is 3. The van der Waals surface area contributed by atoms with Crippen LogP contribution in [-0.2, 0) is 4.79 Å². The number of anilines is 2. The van der Waals surface area contributed by atoms with Gasteiger partial charge in [0.05, 0.1) is 0 Å². The number of para-hydroxylation sites is 1. The molecule has 0 fully saturated rings. The minimum atomic E-state index is -0.705. The number of benzene rings is 2. The van der Waals surface area contributed by atoms with Gasteiger partial charge in [-0.2, -0.15) is 0 Å². The van der Waals surface area contributed by atoms with Crippen LogP contribution in [0.4, 0.5) is 15.6 Å². The highest BCUT2D eigenvalue weighted by Crippen LogP contribution is 2.26. The molecule has 0 aliphatic carbocycles. The van der Waals surface area contributed by atoms with Gasteiger partial charge in [0.25, 0.3) is 0 Å². The Morgan fingerprint density at radius 1 is 1.00 bits per heavy atom. The highest BCUT2D eigenvalue weighted by molar-refractivity contribution is 7.18. The lowest BCUT2D eigenvalue weighted by Crippen LogP contribution is -2.49. The average molecular weight is 424 g/mol. The SMILES string of the molecule is CC[C@H](C)[C@H](NC(=O)Nc1ccccc1C)C(=O)Nc1nnc(-c2ccccc2)s1. The van der Waals surface area contributed by atoms with Gasteiger partial charge in [0.15, 0.2) is 0 Å². The number of nitrogens with zero attached hydrogens (tertiary/aromatic N) is 2. The maximum absolute atomic E-state index is 12.9. The summed E-state index contributed by atoms with van der Waals surface area (Å²) >= 11 is 1.29. The molecule has 0 unspecified atom stereocenters. The predicted molar refractivity (Wildman–Crippen MR) is 121 cm³/mol. The zero-order valence-corrected chi connectivity index (χ0v) is 18.0. The molecule has 7 nitrogen and oxygen atoms in total. The van der Waals surface area contributed by atoms with Gasteiger partial charge in [-0.05, 0) is 24.5 Å². The molecule has 156 valence electrons. The fourth-order valence-electron chi connectivity index (χ4n) is 2.87. The fourth-order valence-corrected chi connectivity index (χ4v) is 3.62. The van der Waals surface area contributed by atoms with Crippen LogP contribution in [0.5, 0.6) is 0 Å². The van der Waals surface area contributed by atoms with Gasteiger partial charge in [-0.25, -0.2) is 4.79 Å². The first kappa shape index (κ1) is 21.4. The van der Waals surface area contributed by atoms with Crippen LogP contribution in [0.25, 0.3) is 10.6 Å². The minimum Gasteiger partial charge on any atom is -0.326 e. The summed E-state index contributed by atoms with van der Waals surface area (Å²) in [7, 11) is 0. The summed E-state index contributed by atoms with van der Waals surface area (Å²) in [6.07, 6.45) is 0.730. The number of rotatable bonds is 7. The Kier molecular flexibility index (Phi) is 7.13. The van der Waals surface area contributed by atoms with Gasteiger partial charge in [0.2, 0.25) is 11.0 Å². The monoisotopic (exact) mass is 423 g/mol. The molecule has 0 aliphatic rings. The molecule has 2 atom stereocenters. The van der Waals surface area contributed by atoms with Crippen molar-refractivity contribution in [1.82, 2.24) is 15.5 Å². The van der Waals surface area contributed by atoms with Crippen LogP contribution < -0.4 is 16.0 Å². The Hall–Kier alpha value is -3.26. The molecular weight excluding hydrogens is 398 g/mol. The van der Waals surface area contributed by atoms with Crippen LogP contribution in [0, 0.1) is 12.8 Å². The van der Waals surface area contributed by atoms with Crippen molar-refractivity contribution in [2.75, 3.05) is 10.6 Å². The molecule has 3 amide bonds. The second-order valence-corrected chi connectivity index (χ2v) is 8.02. The molecule has 0 saturated carbocycles. The highest BCUT2D eigenvalue weighted by Gasteiger charge is 2.27. The highest BCUT2D eigenvalue weighted by atomic mass is 32.1. The molecule has 0 aliphatic heterocycles. The first-order valence-corrected chi connectivity index (χ1v) is 10.6. The molecular formula is C22H25N5O2S. The van der Waals surface area contributed by atoms with Crippen molar-refractivity contribution in [3.8, 4) is 10.6 Å². The fraction of sp³-hybridized carbons (Fsp3) is 0.273. The maximum atomic E-state index is 12.9. The van der Waals surface area contributed by atoms with E-state index in [1.807, 2.05) is 75.4 Å². The first-order valence-electron chi connectivity index (χ1n) is 9.81. The molecule has 0 saturated heterocycles. The van der Waals surface area contributed by atoms with Crippen molar-refractivity contribution in [3.05, 3.63) is 60.2 Å². The second-order valence-electron chi connectivity index (χ2n) is 7.04. The number of carbonyl (C=O) groups excluding carboxylic acids is 2. The third-order valence-corrected chi connectivity index (χ3v) is 5.74. The van der Waals surface area contributed by atoms with Gasteiger partial charge in [-0.15, -0.1) is 10.2 Å². The molecule has 1 aromatic heterocycles. The Balaban J connectivity index is 1.68. The summed E-state index contributed by atoms with van der Waals surface area (Å²) in [5, 5.41) is 17.7. The van der Waals surface area contributed by atoms with E-state index in [1.165, 1.54) is 11.3 Å². The Morgan fingerprint density at radius 3 is 2.40 bits per heavy atom. The molecule has 0 radical (unpaired) electrons. The predicted octanol–water partition coefficient (Wildman–Crippen LogP) is 4.69. The van der Waals surface area contributed by atoms with Crippen molar-refractivity contribution in [2.24, 2.45) is 5.92 Å². The van der Waals surface area contributed by atoms with Gasteiger partial charge in [0, 0.05) is 11.3 Å². The molecule has 3 N–H and O–H groups in total. The van der Waals surface area contributed by atoms with Crippen LogP contribution in [0.15, 0.2) is 54.6 Å². The Morgan fingerprint density at radius 2 is 1.70 bits per heavy atom. The van der Waals surface area contributed by atoms with Gasteiger partial charge >= 0.3 is 6.03 Å². The van der Waals surface area contributed by atoms with E-state index in [0.717, 1.165) is 22.6 Å². The van der Waals surface area contributed by atoms with E-state index in [4.69, 9.17) is 0 Å². The van der Waals surface area contributed by atoms with Crippen molar-refractivity contribution < 1.29 is 9.59 Å². The van der Waals surface area contributed by atoms with Gasteiger partial charge in [-0.1, -0.05) is 80.1 Å². The first-order chi connectivity index (χ1) is 14.5. The Labute approximate surface area is 179 Å². The van der Waals surface area contributed by atoms with E-state index in [1.54, 1.807) is 0 Å². The van der Waals surface area contributed by atoms with Gasteiger partial charge < -0.3 is 10.6 Å². The quantitative estimate of drug-likeness (QED) is 0.514. The number of aryl methyl sites for hydroxylation is 1. The largest absolute Gasteiger partial charge is 0.326 e. The molecule has 30 heavy (non-hydrogen) atoms. The summed E-state index contributed by atoms with van der Waals surface area (Å²) in [5.74, 6) is -0.380. The molecule has 1 heterocycles. The second kappa shape index (κ2) is 9.98. The standard InChI is InChI=1S/C22H25N5O2S/c1-4-14(2)18(24-21(29)23-17-13-9-8-10-15(17)3)19(28)25-22-27-26-20(30-22)16-11-6-5-7-12-16/h5-14,18H,4H2,1-3H3,(H2,23,24,29)(H,25,27,28)/t14-,18-/m0/s1. The van der Waals surface area contributed by atoms with Crippen molar-refractivity contribution in [2.45, 2.75) is 33.2 Å². The van der Waals surface area contributed by atoms with E-state index in [2.05, 4.69) is 26.1 Å². The molecule has 0 bridgehead atoms. The van der Waals surface area contributed by atoms with E-state index in [9.17, 15) is 9.59 Å². The molecule has 0 spiro atoms. The van der Waals surface area contributed by atoms with Crippen molar-refractivity contribution in [3.63, 3.8) is 0 Å². The summed E-state index contributed by atoms with van der Waals surface area (Å²) < 4.78 is 0. The topological polar surface area (TPSA) is 96.0 Å². The van der Waals surface area contributed by atoms with E-state index in [-0.39, 0.29) is 11.8 Å². The molecule has 3 rings (SSSR count). The summed E-state index contributed by atoms with van der Waals surface area (Å²) in [6, 6.07) is 16.0. The van der Waals surface area contributed by atoms with Crippen LogP contribution in [0.2, 0.25) is 0 Å². The van der Waals surface area contributed by atoms with Crippen LogP contribution >= 0.6 is 11.3 Å². The van der Waals surface area contributed by atoms with Crippen LogP contribution in [0.1, 0.15) is 25.8 Å². The van der Waals surface area contributed by atoms with Gasteiger partial charge in [0.1, 0.15) is 11.0 Å². The number of carbonyl (C=O) groups is 2. The lowest BCUT2D eigenvalue weighted by molar-refractivity contribution is -0.119. The average Bonchev–Trinajstić information content (AvgIpc) is 3.22. The minimum absolute atomic E-state index is 0.0610. The number of amides is 3. The number of aromatic nitrogens is 2. The molecule has 2 aromatic carbocycles. The van der Waals surface area contributed by atoms with Gasteiger partial charge in [-0.3, -0.25) is 10.1 Å². The number of urea groups is 1. The van der Waals surface area contributed by atoms with Crippen LogP contribution in [-0.4, -0.2) is 28.2 Å². The maximum Gasteiger partial charge on any atom is 0.319 e. The van der Waals surface area contributed by atoms with E-state index < -0.39 is 12.1 Å². The molecule has 8 heteroatoms. The summed E-state index contributed by atoms with van der Waals surface area (Å²) in [5.41, 5.74) is 2.58. The molecule has 3 aromatic rings. The lowest BCUT2D eigenvalue weighted by Gasteiger charge is -2.23.